The molecule has 1 aromatic carbocycles. The van der Waals surface area contributed by atoms with Crippen molar-refractivity contribution >= 4 is 57.2 Å². The zero-order valence-corrected chi connectivity index (χ0v) is 18.3. The first kappa shape index (κ1) is 21.3. The SMILES string of the molecule is CCOC(=O)[C@H](Cc1cc(I)c(O)c(I)c1)NC(=O)OC(C)(C)C. The topological polar surface area (TPSA) is 84.9 Å². The molecule has 0 aromatic heterocycles. The molecule has 134 valence electrons. The molecule has 0 heterocycles. The van der Waals surface area contributed by atoms with Crippen LogP contribution in [0.1, 0.15) is 33.3 Å². The van der Waals surface area contributed by atoms with Gasteiger partial charge in [0.05, 0.1) is 13.7 Å². The Hall–Kier alpha value is -0.780. The van der Waals surface area contributed by atoms with Crippen LogP contribution in [0.3, 0.4) is 0 Å². The molecule has 0 saturated carbocycles. The number of phenolic OH excluding ortho intramolecular Hbond substituents is 1. The lowest BCUT2D eigenvalue weighted by molar-refractivity contribution is -0.145. The summed E-state index contributed by atoms with van der Waals surface area (Å²) in [6.45, 7) is 7.16. The van der Waals surface area contributed by atoms with Crippen LogP contribution >= 0.6 is 45.2 Å². The van der Waals surface area contributed by atoms with E-state index in [2.05, 4.69) is 5.32 Å². The summed E-state index contributed by atoms with van der Waals surface area (Å²) >= 11 is 4.03. The lowest BCUT2D eigenvalue weighted by atomic mass is 10.1. The molecular formula is C16H21I2NO5. The van der Waals surface area contributed by atoms with Gasteiger partial charge in [0.1, 0.15) is 17.4 Å². The van der Waals surface area contributed by atoms with Crippen LogP contribution in [0.5, 0.6) is 5.75 Å². The standard InChI is InChI=1S/C16H21I2NO5/c1-5-23-14(21)12(19-15(22)24-16(2,3)4)8-9-6-10(17)13(20)11(18)7-9/h6-7,12,20H,5,8H2,1-4H3,(H,19,22)/t12-/m0/s1. The van der Waals surface area contributed by atoms with Gasteiger partial charge in [-0.25, -0.2) is 9.59 Å². The number of alkyl carbamates (subject to hydrolysis) is 1. The second-order valence-electron chi connectivity index (χ2n) is 6.06. The van der Waals surface area contributed by atoms with E-state index in [1.165, 1.54) is 0 Å². The number of hydrogen-bond donors (Lipinski definition) is 2. The number of carbonyl (C=O) groups excluding carboxylic acids is 2. The fraction of sp³-hybridized carbons (Fsp3) is 0.500. The summed E-state index contributed by atoms with van der Waals surface area (Å²) in [5, 5.41) is 12.4. The molecule has 0 fully saturated rings. The summed E-state index contributed by atoms with van der Waals surface area (Å²) in [6, 6.07) is 2.66. The predicted molar refractivity (Wildman–Crippen MR) is 107 cm³/mol. The maximum Gasteiger partial charge on any atom is 0.408 e. The molecule has 0 aliphatic carbocycles. The second kappa shape index (κ2) is 9.07. The van der Waals surface area contributed by atoms with Crippen molar-refractivity contribution in [1.29, 1.82) is 0 Å². The highest BCUT2D eigenvalue weighted by molar-refractivity contribution is 14.1. The van der Waals surface area contributed by atoms with Crippen molar-refractivity contribution in [3.8, 4) is 5.75 Å². The van der Waals surface area contributed by atoms with E-state index in [-0.39, 0.29) is 18.8 Å². The minimum absolute atomic E-state index is 0.202. The van der Waals surface area contributed by atoms with Crippen LogP contribution in [0.2, 0.25) is 0 Å². The van der Waals surface area contributed by atoms with Crippen molar-refractivity contribution in [3.63, 3.8) is 0 Å². The van der Waals surface area contributed by atoms with Gasteiger partial charge in [-0.1, -0.05) is 0 Å². The molecule has 2 N–H and O–H groups in total. The normalized spacial score (nSPS) is 12.4. The summed E-state index contributed by atoms with van der Waals surface area (Å²) in [5.74, 6) is -0.325. The predicted octanol–water partition coefficient (Wildman–Crippen LogP) is 3.60. The quantitative estimate of drug-likeness (QED) is 0.425. The number of nitrogens with one attached hydrogen (secondary N) is 1. The van der Waals surface area contributed by atoms with Gasteiger partial charge in [0, 0.05) is 6.42 Å². The van der Waals surface area contributed by atoms with E-state index in [1.807, 2.05) is 45.2 Å². The van der Waals surface area contributed by atoms with Gasteiger partial charge >= 0.3 is 12.1 Å². The number of esters is 1. The molecular weight excluding hydrogens is 540 g/mol. The first-order valence-electron chi connectivity index (χ1n) is 7.36. The molecule has 6 nitrogen and oxygen atoms in total. The first-order chi connectivity index (χ1) is 11.0. The maximum atomic E-state index is 12.1. The van der Waals surface area contributed by atoms with Gasteiger partial charge in [-0.05, 0) is 90.6 Å². The van der Waals surface area contributed by atoms with Gasteiger partial charge < -0.3 is 19.9 Å². The Morgan fingerprint density at radius 3 is 2.25 bits per heavy atom. The maximum absolute atomic E-state index is 12.1. The molecule has 1 amide bonds. The number of amides is 1. The van der Waals surface area contributed by atoms with E-state index in [1.54, 1.807) is 39.8 Å². The van der Waals surface area contributed by atoms with Gasteiger partial charge in [-0.15, -0.1) is 0 Å². The highest BCUT2D eigenvalue weighted by Gasteiger charge is 2.26. The van der Waals surface area contributed by atoms with Crippen molar-refractivity contribution < 1.29 is 24.2 Å². The Kier molecular flexibility index (Phi) is 8.03. The Balaban J connectivity index is 2.94. The van der Waals surface area contributed by atoms with Crippen LogP contribution in [-0.4, -0.2) is 35.4 Å². The van der Waals surface area contributed by atoms with Gasteiger partial charge in [0.2, 0.25) is 0 Å². The number of ether oxygens (including phenoxy) is 2. The summed E-state index contributed by atoms with van der Waals surface area (Å²) in [6.07, 6.45) is -0.437. The molecule has 0 aliphatic heterocycles. The molecule has 0 spiro atoms. The molecule has 1 aromatic rings. The summed E-state index contributed by atoms with van der Waals surface area (Å²) in [4.78, 5) is 24.1. The number of phenols is 1. The van der Waals surface area contributed by atoms with Crippen LogP contribution in [-0.2, 0) is 20.7 Å². The Morgan fingerprint density at radius 2 is 1.79 bits per heavy atom. The number of rotatable bonds is 5. The average molecular weight is 561 g/mol. The van der Waals surface area contributed by atoms with Crippen molar-refractivity contribution in [1.82, 2.24) is 5.32 Å². The lowest BCUT2D eigenvalue weighted by Gasteiger charge is -2.23. The zero-order valence-electron chi connectivity index (χ0n) is 14.0. The molecule has 8 heteroatoms. The molecule has 1 atom stereocenters. The highest BCUT2D eigenvalue weighted by atomic mass is 127. The average Bonchev–Trinajstić information content (AvgIpc) is 2.42. The number of benzene rings is 1. The van der Waals surface area contributed by atoms with E-state index in [0.717, 1.165) is 5.56 Å². The van der Waals surface area contributed by atoms with Gasteiger partial charge in [0.15, 0.2) is 0 Å². The third-order valence-electron chi connectivity index (χ3n) is 2.78. The van der Waals surface area contributed by atoms with Crippen LogP contribution in [0.15, 0.2) is 12.1 Å². The number of aromatic hydroxyl groups is 1. The molecule has 0 unspecified atom stereocenters. The van der Waals surface area contributed by atoms with Gasteiger partial charge in [-0.2, -0.15) is 0 Å². The van der Waals surface area contributed by atoms with Crippen molar-refractivity contribution in [2.75, 3.05) is 6.61 Å². The number of hydrogen-bond acceptors (Lipinski definition) is 5. The summed E-state index contributed by atoms with van der Waals surface area (Å²) in [5.41, 5.74) is 0.141. The monoisotopic (exact) mass is 561 g/mol. The second-order valence-corrected chi connectivity index (χ2v) is 8.39. The molecule has 0 aliphatic rings. The van der Waals surface area contributed by atoms with Crippen molar-refractivity contribution in [3.05, 3.63) is 24.8 Å². The smallest absolute Gasteiger partial charge is 0.408 e. The number of halogens is 2. The van der Waals surface area contributed by atoms with Gasteiger partial charge in [0.25, 0.3) is 0 Å². The number of carbonyl (C=O) groups is 2. The van der Waals surface area contributed by atoms with Crippen molar-refractivity contribution in [2.24, 2.45) is 0 Å². The lowest BCUT2D eigenvalue weighted by Crippen LogP contribution is -2.45. The molecule has 0 saturated heterocycles. The van der Waals surface area contributed by atoms with E-state index in [0.29, 0.717) is 7.14 Å². The third kappa shape index (κ3) is 6.99. The molecule has 0 bridgehead atoms. The van der Waals surface area contributed by atoms with E-state index < -0.39 is 23.7 Å². The van der Waals surface area contributed by atoms with Gasteiger partial charge in [-0.3, -0.25) is 0 Å². The first-order valence-corrected chi connectivity index (χ1v) is 9.52. The molecule has 24 heavy (non-hydrogen) atoms. The summed E-state index contributed by atoms with van der Waals surface area (Å²) < 4.78 is 11.6. The van der Waals surface area contributed by atoms with Crippen LogP contribution in [0.25, 0.3) is 0 Å². The minimum atomic E-state index is -0.865. The largest absolute Gasteiger partial charge is 0.506 e. The minimum Gasteiger partial charge on any atom is -0.506 e. The molecule has 1 rings (SSSR count). The van der Waals surface area contributed by atoms with E-state index in [4.69, 9.17) is 9.47 Å². The van der Waals surface area contributed by atoms with Crippen molar-refractivity contribution in [2.45, 2.75) is 45.8 Å². The van der Waals surface area contributed by atoms with E-state index >= 15 is 0 Å². The Bertz CT molecular complexity index is 590. The fourth-order valence-corrected chi connectivity index (χ4v) is 3.75. The fourth-order valence-electron chi connectivity index (χ4n) is 1.86. The van der Waals surface area contributed by atoms with Crippen LogP contribution < -0.4 is 5.32 Å². The van der Waals surface area contributed by atoms with Crippen LogP contribution in [0.4, 0.5) is 4.79 Å². The van der Waals surface area contributed by atoms with E-state index in [9.17, 15) is 14.7 Å². The summed E-state index contributed by atoms with van der Waals surface area (Å²) in [7, 11) is 0. The third-order valence-corrected chi connectivity index (χ3v) is 4.42. The Morgan fingerprint density at radius 1 is 1.25 bits per heavy atom. The van der Waals surface area contributed by atoms with Crippen LogP contribution in [0, 0.1) is 7.14 Å². The Labute approximate surface area is 168 Å². The zero-order chi connectivity index (χ0) is 18.5. The molecule has 0 radical (unpaired) electrons. The highest BCUT2D eigenvalue weighted by Crippen LogP contribution is 2.28.